The number of nitrogens with zero attached hydrogens (tertiary/aromatic N) is 2. The van der Waals surface area contributed by atoms with E-state index in [-0.39, 0.29) is 22.9 Å². The van der Waals surface area contributed by atoms with E-state index in [1.54, 1.807) is 36.3 Å². The zero-order valence-corrected chi connectivity index (χ0v) is 18.7. The van der Waals surface area contributed by atoms with Crippen LogP contribution in [0.25, 0.3) is 0 Å². The lowest BCUT2D eigenvalue weighted by molar-refractivity contribution is 0.0689. The zero-order valence-electron chi connectivity index (χ0n) is 17.8. The van der Waals surface area contributed by atoms with E-state index in [4.69, 9.17) is 0 Å². The van der Waals surface area contributed by atoms with Crippen molar-refractivity contribution in [1.29, 1.82) is 0 Å². The van der Waals surface area contributed by atoms with E-state index >= 15 is 0 Å². The topological polar surface area (TPSA) is 88.5 Å². The van der Waals surface area contributed by atoms with E-state index in [0.717, 1.165) is 31.2 Å². The number of fused-ring (bicyclic) bond motifs is 1. The first-order valence-corrected chi connectivity index (χ1v) is 12.4. The molecule has 2 aliphatic rings. The number of hydrogen-bond donors (Lipinski definition) is 1. The minimum absolute atomic E-state index is 0.162. The quantitative estimate of drug-likeness (QED) is 0.767. The van der Waals surface area contributed by atoms with E-state index < -0.39 is 10.0 Å². The maximum Gasteiger partial charge on any atom is 0.263 e. The summed E-state index contributed by atoms with van der Waals surface area (Å²) in [5.74, 6) is -0.0932. The van der Waals surface area contributed by atoms with Crippen molar-refractivity contribution in [1.82, 2.24) is 14.2 Å². The SMILES string of the molecule is Cn1cccc(C(=O)N2CCC(CNS(=O)(=O)c3ccc4c(c3)CCCC4)CC2)c1=O. The van der Waals surface area contributed by atoms with Crippen molar-refractivity contribution in [3.8, 4) is 0 Å². The molecule has 1 aromatic carbocycles. The standard InChI is InChI=1S/C23H29N3O4S/c1-25-12-4-7-21(22(25)27)23(28)26-13-10-17(11-14-26)16-24-31(29,30)20-9-8-18-5-2-3-6-19(18)15-20/h4,7-9,12,15,17,24H,2-3,5-6,10-11,13-14,16H2,1H3. The molecule has 0 unspecified atom stereocenters. The van der Waals surface area contributed by atoms with Crippen LogP contribution in [0.5, 0.6) is 0 Å². The van der Waals surface area contributed by atoms with Gasteiger partial charge in [0.15, 0.2) is 0 Å². The minimum atomic E-state index is -3.55. The van der Waals surface area contributed by atoms with E-state index in [1.807, 2.05) is 12.1 Å². The van der Waals surface area contributed by atoms with Gasteiger partial charge in [-0.05, 0) is 79.8 Å². The van der Waals surface area contributed by atoms with Crippen molar-refractivity contribution >= 4 is 15.9 Å². The summed E-state index contributed by atoms with van der Waals surface area (Å²) in [5.41, 5.74) is 2.28. The number of likely N-dealkylation sites (tertiary alicyclic amines) is 1. The van der Waals surface area contributed by atoms with Gasteiger partial charge in [-0.2, -0.15) is 0 Å². The molecular formula is C23H29N3O4S. The number of benzene rings is 1. The van der Waals surface area contributed by atoms with E-state index in [2.05, 4.69) is 4.72 Å². The second-order valence-corrected chi connectivity index (χ2v) is 10.3. The summed E-state index contributed by atoms with van der Waals surface area (Å²) in [7, 11) is -1.93. The van der Waals surface area contributed by atoms with Crippen LogP contribution < -0.4 is 10.3 Å². The van der Waals surface area contributed by atoms with Gasteiger partial charge in [0.05, 0.1) is 4.90 Å². The molecule has 2 heterocycles. The highest BCUT2D eigenvalue weighted by molar-refractivity contribution is 7.89. The van der Waals surface area contributed by atoms with Crippen LogP contribution in [0.2, 0.25) is 0 Å². The molecule has 1 aliphatic carbocycles. The smallest absolute Gasteiger partial charge is 0.263 e. The number of amides is 1. The first-order valence-electron chi connectivity index (χ1n) is 10.9. The number of carbonyl (C=O) groups is 1. The predicted octanol–water partition coefficient (Wildman–Crippen LogP) is 2.09. The highest BCUT2D eigenvalue weighted by Crippen LogP contribution is 2.24. The molecule has 1 N–H and O–H groups in total. The lowest BCUT2D eigenvalue weighted by Crippen LogP contribution is -2.43. The number of hydrogen-bond acceptors (Lipinski definition) is 4. The molecule has 0 atom stereocenters. The Labute approximate surface area is 183 Å². The molecule has 8 heteroatoms. The number of aryl methyl sites for hydroxylation is 3. The monoisotopic (exact) mass is 443 g/mol. The van der Waals surface area contributed by atoms with E-state index in [0.29, 0.717) is 37.4 Å². The van der Waals surface area contributed by atoms with Gasteiger partial charge in [0.2, 0.25) is 10.0 Å². The Hall–Kier alpha value is -2.45. The van der Waals surface area contributed by atoms with Crippen LogP contribution in [-0.2, 0) is 29.9 Å². The van der Waals surface area contributed by atoms with Crippen molar-refractivity contribution in [3.63, 3.8) is 0 Å². The molecule has 166 valence electrons. The van der Waals surface area contributed by atoms with Gasteiger partial charge in [0.1, 0.15) is 5.56 Å². The van der Waals surface area contributed by atoms with Crippen molar-refractivity contribution < 1.29 is 13.2 Å². The van der Waals surface area contributed by atoms with Gasteiger partial charge in [-0.25, -0.2) is 13.1 Å². The number of sulfonamides is 1. The third-order valence-corrected chi connectivity index (χ3v) is 7.87. The van der Waals surface area contributed by atoms with Crippen molar-refractivity contribution in [2.24, 2.45) is 13.0 Å². The Balaban J connectivity index is 1.33. The van der Waals surface area contributed by atoms with Crippen molar-refractivity contribution in [2.45, 2.75) is 43.4 Å². The Kier molecular flexibility index (Phi) is 6.29. The minimum Gasteiger partial charge on any atom is -0.338 e. The Bertz CT molecular complexity index is 1130. The summed E-state index contributed by atoms with van der Waals surface area (Å²) < 4.78 is 29.7. The molecule has 4 rings (SSSR count). The van der Waals surface area contributed by atoms with Crippen molar-refractivity contribution in [3.05, 3.63) is 63.6 Å². The van der Waals surface area contributed by atoms with E-state index in [1.165, 1.54) is 10.1 Å². The van der Waals surface area contributed by atoms with Gasteiger partial charge in [-0.15, -0.1) is 0 Å². The molecule has 0 spiro atoms. The maximum absolute atomic E-state index is 12.8. The highest BCUT2D eigenvalue weighted by atomic mass is 32.2. The van der Waals surface area contributed by atoms with Crippen LogP contribution in [-0.4, -0.2) is 43.4 Å². The van der Waals surface area contributed by atoms with Crippen LogP contribution in [0.3, 0.4) is 0 Å². The molecule has 1 saturated heterocycles. The van der Waals surface area contributed by atoms with Gasteiger partial charge in [0, 0.05) is 32.9 Å². The molecule has 0 saturated carbocycles. The van der Waals surface area contributed by atoms with Crippen LogP contribution in [0.1, 0.15) is 47.2 Å². The molecule has 7 nitrogen and oxygen atoms in total. The number of aromatic nitrogens is 1. The number of pyridine rings is 1. The van der Waals surface area contributed by atoms with Gasteiger partial charge < -0.3 is 9.47 Å². The van der Waals surface area contributed by atoms with Crippen LogP contribution in [0.4, 0.5) is 0 Å². The molecule has 31 heavy (non-hydrogen) atoms. The Morgan fingerprint density at radius 3 is 2.55 bits per heavy atom. The van der Waals surface area contributed by atoms with Gasteiger partial charge in [0.25, 0.3) is 11.5 Å². The fourth-order valence-electron chi connectivity index (χ4n) is 4.46. The molecule has 1 aromatic heterocycles. The average Bonchev–Trinajstić information content (AvgIpc) is 2.79. The summed E-state index contributed by atoms with van der Waals surface area (Å²) in [5, 5.41) is 0. The largest absolute Gasteiger partial charge is 0.338 e. The highest BCUT2D eigenvalue weighted by Gasteiger charge is 2.26. The van der Waals surface area contributed by atoms with Gasteiger partial charge >= 0.3 is 0 Å². The molecule has 1 amide bonds. The second-order valence-electron chi connectivity index (χ2n) is 8.56. The van der Waals surface area contributed by atoms with Gasteiger partial charge in [-0.1, -0.05) is 6.07 Å². The molecule has 0 radical (unpaired) electrons. The number of carbonyl (C=O) groups excluding carboxylic acids is 1. The van der Waals surface area contributed by atoms with Crippen LogP contribution in [0, 0.1) is 5.92 Å². The molecular weight excluding hydrogens is 414 g/mol. The third-order valence-electron chi connectivity index (χ3n) is 6.45. The fourth-order valence-corrected chi connectivity index (χ4v) is 5.62. The lowest BCUT2D eigenvalue weighted by atomic mass is 9.92. The number of piperidine rings is 1. The fraction of sp³-hybridized carbons (Fsp3) is 0.478. The molecule has 1 fully saturated rings. The van der Waals surface area contributed by atoms with E-state index in [9.17, 15) is 18.0 Å². The molecule has 2 aromatic rings. The Morgan fingerprint density at radius 2 is 1.81 bits per heavy atom. The molecule has 0 bridgehead atoms. The molecule has 1 aliphatic heterocycles. The normalized spacial score (nSPS) is 17.4. The number of nitrogens with one attached hydrogen (secondary N) is 1. The van der Waals surface area contributed by atoms with Crippen molar-refractivity contribution in [2.75, 3.05) is 19.6 Å². The zero-order chi connectivity index (χ0) is 22.0. The predicted molar refractivity (Wildman–Crippen MR) is 119 cm³/mol. The summed E-state index contributed by atoms with van der Waals surface area (Å²) in [6.45, 7) is 1.39. The third kappa shape index (κ3) is 4.75. The van der Waals surface area contributed by atoms with Crippen LogP contribution in [0.15, 0.2) is 46.2 Å². The second kappa shape index (κ2) is 8.96. The first kappa shape index (κ1) is 21.8. The Morgan fingerprint density at radius 1 is 1.10 bits per heavy atom. The number of rotatable bonds is 5. The van der Waals surface area contributed by atoms with Gasteiger partial charge in [-0.3, -0.25) is 9.59 Å². The maximum atomic E-state index is 12.8. The average molecular weight is 444 g/mol. The summed E-state index contributed by atoms with van der Waals surface area (Å²) in [4.78, 5) is 26.9. The summed E-state index contributed by atoms with van der Waals surface area (Å²) in [6.07, 6.45) is 7.26. The summed E-state index contributed by atoms with van der Waals surface area (Å²) in [6, 6.07) is 8.72. The van der Waals surface area contributed by atoms with Crippen LogP contribution >= 0.6 is 0 Å². The summed E-state index contributed by atoms with van der Waals surface area (Å²) >= 11 is 0. The lowest BCUT2D eigenvalue weighted by Gasteiger charge is -2.32. The first-order chi connectivity index (χ1) is 14.8.